The fourth-order valence-electron chi connectivity index (χ4n) is 6.62. The van der Waals surface area contributed by atoms with Gasteiger partial charge in [-0.3, -0.25) is 0 Å². The monoisotopic (exact) mass is 503 g/mol. The van der Waals surface area contributed by atoms with E-state index >= 15 is 0 Å². The normalized spacial score (nSPS) is 11.9. The summed E-state index contributed by atoms with van der Waals surface area (Å²) >= 11 is 0. The first-order chi connectivity index (χ1) is 18.9. The van der Waals surface area contributed by atoms with E-state index in [0.29, 0.717) is 5.92 Å². The molecule has 0 amide bonds. The number of anilines is 3. The molecule has 0 unspecified atom stereocenters. The average molecular weight is 504 g/mol. The molecule has 0 spiro atoms. The zero-order valence-corrected chi connectivity index (χ0v) is 23.3. The standard InChI is InChI=1S/C38H33N/c1-23(2)35-22-28(17-15-26(35)5)39(27-10-6-9-24(3)21-27)36-20-19-33-30-12-7-11-29-25(4)16-18-32(37(29)30)31-13-8-14-34(36)38(31)33/h6-23H,1-5H3. The number of aryl methyl sites for hydroxylation is 3. The minimum Gasteiger partial charge on any atom is -0.310 e. The summed E-state index contributed by atoms with van der Waals surface area (Å²) in [6.45, 7) is 11.2. The van der Waals surface area contributed by atoms with Gasteiger partial charge in [-0.05, 0) is 117 Å². The Hall–Kier alpha value is -4.36. The van der Waals surface area contributed by atoms with Crippen LogP contribution in [0.25, 0.3) is 43.1 Å². The first-order valence-corrected chi connectivity index (χ1v) is 14.0. The molecule has 0 aliphatic heterocycles. The molecule has 0 radical (unpaired) electrons. The molecule has 0 saturated carbocycles. The van der Waals surface area contributed by atoms with Crippen molar-refractivity contribution >= 4 is 60.2 Å². The SMILES string of the molecule is Cc1cccc(N(c2ccc(C)c(C(C)C)c2)c2ccc3c4cccc5c(C)ccc(c6cccc2c63)c54)c1. The van der Waals surface area contributed by atoms with Gasteiger partial charge in [-0.25, -0.2) is 0 Å². The van der Waals surface area contributed by atoms with Gasteiger partial charge in [0.1, 0.15) is 0 Å². The zero-order valence-electron chi connectivity index (χ0n) is 23.3. The number of nitrogens with zero attached hydrogens (tertiary/aromatic N) is 1. The van der Waals surface area contributed by atoms with Crippen LogP contribution in [0.4, 0.5) is 17.1 Å². The van der Waals surface area contributed by atoms with Crippen molar-refractivity contribution in [1.29, 1.82) is 0 Å². The number of benzene rings is 7. The second-order valence-electron chi connectivity index (χ2n) is 11.4. The summed E-state index contributed by atoms with van der Waals surface area (Å²) in [5.74, 6) is 0.459. The zero-order chi connectivity index (χ0) is 26.8. The van der Waals surface area contributed by atoms with Crippen LogP contribution >= 0.6 is 0 Å². The third kappa shape index (κ3) is 3.61. The Morgan fingerprint density at radius 2 is 1.05 bits per heavy atom. The topological polar surface area (TPSA) is 3.24 Å². The molecule has 0 fully saturated rings. The van der Waals surface area contributed by atoms with E-state index in [1.165, 1.54) is 82.4 Å². The molecule has 0 N–H and O–H groups in total. The second-order valence-corrected chi connectivity index (χ2v) is 11.4. The van der Waals surface area contributed by atoms with E-state index in [9.17, 15) is 0 Å². The molecule has 7 rings (SSSR count). The van der Waals surface area contributed by atoms with E-state index in [2.05, 4.69) is 143 Å². The Labute approximate surface area is 230 Å². The highest BCUT2D eigenvalue weighted by molar-refractivity contribution is 6.34. The fourth-order valence-corrected chi connectivity index (χ4v) is 6.62. The molecule has 1 nitrogen and oxygen atoms in total. The minimum atomic E-state index is 0.459. The van der Waals surface area contributed by atoms with Gasteiger partial charge in [0.05, 0.1) is 5.69 Å². The first-order valence-electron chi connectivity index (χ1n) is 14.0. The molecule has 190 valence electrons. The van der Waals surface area contributed by atoms with Crippen molar-refractivity contribution in [1.82, 2.24) is 0 Å². The van der Waals surface area contributed by atoms with E-state index in [1.807, 2.05) is 0 Å². The van der Waals surface area contributed by atoms with E-state index < -0.39 is 0 Å². The highest BCUT2D eigenvalue weighted by Gasteiger charge is 2.20. The molecule has 0 heterocycles. The Kier molecular flexibility index (Phi) is 5.39. The lowest BCUT2D eigenvalue weighted by molar-refractivity contribution is 0.856. The van der Waals surface area contributed by atoms with Gasteiger partial charge in [-0.15, -0.1) is 0 Å². The van der Waals surface area contributed by atoms with Gasteiger partial charge >= 0.3 is 0 Å². The van der Waals surface area contributed by atoms with Crippen molar-refractivity contribution < 1.29 is 0 Å². The maximum absolute atomic E-state index is 2.45. The summed E-state index contributed by atoms with van der Waals surface area (Å²) in [4.78, 5) is 2.45. The lowest BCUT2D eigenvalue weighted by Gasteiger charge is -2.29. The van der Waals surface area contributed by atoms with Crippen LogP contribution in [0.1, 0.15) is 42.0 Å². The van der Waals surface area contributed by atoms with E-state index in [1.54, 1.807) is 0 Å². The molecule has 0 bridgehead atoms. The van der Waals surface area contributed by atoms with Crippen molar-refractivity contribution in [3.63, 3.8) is 0 Å². The second kappa shape index (κ2) is 8.85. The number of rotatable bonds is 4. The van der Waals surface area contributed by atoms with Crippen LogP contribution in [-0.2, 0) is 0 Å². The molecular formula is C38H33N. The summed E-state index contributed by atoms with van der Waals surface area (Å²) in [7, 11) is 0. The summed E-state index contributed by atoms with van der Waals surface area (Å²) in [6.07, 6.45) is 0. The van der Waals surface area contributed by atoms with Crippen LogP contribution in [0.2, 0.25) is 0 Å². The first kappa shape index (κ1) is 23.7. The van der Waals surface area contributed by atoms with Gasteiger partial charge in [0.15, 0.2) is 0 Å². The fraction of sp³-hybridized carbons (Fsp3) is 0.158. The molecule has 39 heavy (non-hydrogen) atoms. The molecule has 1 heteroatoms. The van der Waals surface area contributed by atoms with Crippen molar-refractivity contribution in [2.75, 3.05) is 4.90 Å². The van der Waals surface area contributed by atoms with Gasteiger partial charge in [-0.2, -0.15) is 0 Å². The highest BCUT2D eigenvalue weighted by Crippen LogP contribution is 2.46. The van der Waals surface area contributed by atoms with Gasteiger partial charge < -0.3 is 4.90 Å². The van der Waals surface area contributed by atoms with Crippen LogP contribution in [0.3, 0.4) is 0 Å². The van der Waals surface area contributed by atoms with Crippen LogP contribution in [0, 0.1) is 20.8 Å². The van der Waals surface area contributed by atoms with Gasteiger partial charge in [0.25, 0.3) is 0 Å². The van der Waals surface area contributed by atoms with Crippen LogP contribution in [0.15, 0.2) is 103 Å². The predicted octanol–water partition coefficient (Wildman–Crippen LogP) is 11.3. The van der Waals surface area contributed by atoms with Crippen LogP contribution in [-0.4, -0.2) is 0 Å². The quantitative estimate of drug-likeness (QED) is 0.170. The predicted molar refractivity (Wildman–Crippen MR) is 171 cm³/mol. The number of hydrogen-bond donors (Lipinski definition) is 0. The Bertz CT molecular complexity index is 2010. The lowest BCUT2D eigenvalue weighted by atomic mass is 9.88. The molecular weight excluding hydrogens is 470 g/mol. The van der Waals surface area contributed by atoms with Crippen LogP contribution < -0.4 is 4.90 Å². The van der Waals surface area contributed by atoms with Gasteiger partial charge in [0.2, 0.25) is 0 Å². The van der Waals surface area contributed by atoms with E-state index in [-0.39, 0.29) is 0 Å². The largest absolute Gasteiger partial charge is 0.310 e. The van der Waals surface area contributed by atoms with Crippen molar-refractivity contribution in [3.8, 4) is 0 Å². The maximum atomic E-state index is 2.45. The Morgan fingerprint density at radius 3 is 1.77 bits per heavy atom. The highest BCUT2D eigenvalue weighted by atomic mass is 15.1. The molecule has 0 aliphatic rings. The molecule has 0 aromatic heterocycles. The van der Waals surface area contributed by atoms with Crippen molar-refractivity contribution in [3.05, 3.63) is 125 Å². The van der Waals surface area contributed by atoms with Crippen LogP contribution in [0.5, 0.6) is 0 Å². The molecule has 0 atom stereocenters. The summed E-state index contributed by atoms with van der Waals surface area (Å²) in [6, 6.07) is 38.7. The Balaban J connectivity index is 1.60. The van der Waals surface area contributed by atoms with E-state index in [4.69, 9.17) is 0 Å². The smallest absolute Gasteiger partial charge is 0.0540 e. The minimum absolute atomic E-state index is 0.459. The number of fused-ring (bicyclic) bond motifs is 2. The molecule has 7 aromatic rings. The van der Waals surface area contributed by atoms with Gasteiger partial charge in [-0.1, -0.05) is 86.6 Å². The summed E-state index contributed by atoms with van der Waals surface area (Å²) in [5.41, 5.74) is 8.91. The molecule has 0 saturated heterocycles. The maximum Gasteiger partial charge on any atom is 0.0540 e. The van der Waals surface area contributed by atoms with E-state index in [0.717, 1.165) is 0 Å². The van der Waals surface area contributed by atoms with Crippen molar-refractivity contribution in [2.45, 2.75) is 40.5 Å². The van der Waals surface area contributed by atoms with Crippen molar-refractivity contribution in [2.24, 2.45) is 0 Å². The summed E-state index contributed by atoms with van der Waals surface area (Å²) < 4.78 is 0. The lowest BCUT2D eigenvalue weighted by Crippen LogP contribution is -2.11. The molecule has 7 aromatic carbocycles. The number of hydrogen-bond acceptors (Lipinski definition) is 1. The molecule has 0 aliphatic carbocycles. The van der Waals surface area contributed by atoms with Gasteiger partial charge in [0, 0.05) is 16.8 Å². The summed E-state index contributed by atoms with van der Waals surface area (Å²) in [5, 5.41) is 10.7. The third-order valence-corrected chi connectivity index (χ3v) is 8.50. The Morgan fingerprint density at radius 1 is 0.487 bits per heavy atom. The average Bonchev–Trinajstić information content (AvgIpc) is 2.94. The third-order valence-electron chi connectivity index (χ3n) is 8.50.